The molecule has 4 aromatic rings. The second-order valence-corrected chi connectivity index (χ2v) is 7.87. The third kappa shape index (κ3) is 3.12. The first-order valence-electron chi connectivity index (χ1n) is 9.78. The van der Waals surface area contributed by atoms with Crippen LogP contribution in [0, 0.1) is 12.8 Å². The Kier molecular flexibility index (Phi) is 4.47. The van der Waals surface area contributed by atoms with Crippen molar-refractivity contribution in [3.8, 4) is 11.3 Å². The second kappa shape index (κ2) is 6.80. The van der Waals surface area contributed by atoms with Crippen LogP contribution in [0.3, 0.4) is 0 Å². The maximum atomic E-state index is 6.35. The van der Waals surface area contributed by atoms with E-state index in [2.05, 4.69) is 81.9 Å². The fraction of sp³-hybridized carbons (Fsp3) is 0.333. The average Bonchev–Trinajstić information content (AvgIpc) is 2.99. The molecule has 0 fully saturated rings. The van der Waals surface area contributed by atoms with Gasteiger partial charge in [0.05, 0.1) is 5.56 Å². The molecule has 0 radical (unpaired) electrons. The van der Waals surface area contributed by atoms with Crippen LogP contribution in [-0.2, 0) is 19.9 Å². The summed E-state index contributed by atoms with van der Waals surface area (Å²) in [7, 11) is 2.09. The first-order valence-corrected chi connectivity index (χ1v) is 9.78. The molecule has 0 aliphatic heterocycles. The highest BCUT2D eigenvalue weighted by molar-refractivity contribution is 6.08. The first-order chi connectivity index (χ1) is 13.0. The van der Waals surface area contributed by atoms with Gasteiger partial charge in [-0.1, -0.05) is 32.9 Å². The number of furan rings is 1. The number of nitrogens with zero attached hydrogens (tertiary/aromatic N) is 2. The van der Waals surface area contributed by atoms with E-state index >= 15 is 0 Å². The predicted octanol–water partition coefficient (Wildman–Crippen LogP) is 5.54. The van der Waals surface area contributed by atoms with Gasteiger partial charge in [0, 0.05) is 28.6 Å². The van der Waals surface area contributed by atoms with Crippen LogP contribution in [0.25, 0.3) is 33.3 Å². The van der Waals surface area contributed by atoms with E-state index in [4.69, 9.17) is 9.40 Å². The summed E-state index contributed by atoms with van der Waals surface area (Å²) in [5.41, 5.74) is 7.65. The molecule has 3 heterocycles. The van der Waals surface area contributed by atoms with Crippen molar-refractivity contribution < 1.29 is 8.98 Å². The zero-order valence-electron chi connectivity index (χ0n) is 16.8. The summed E-state index contributed by atoms with van der Waals surface area (Å²) >= 11 is 0. The van der Waals surface area contributed by atoms with Crippen LogP contribution in [0.4, 0.5) is 0 Å². The highest BCUT2D eigenvalue weighted by Gasteiger charge is 2.21. The predicted molar refractivity (Wildman–Crippen MR) is 111 cm³/mol. The standard InChI is InChI=1S/C24H27N2O/c1-6-17-11-12-26(5)21(14-17)22-16(4)7-9-19-20-10-8-18(13-15(2)3)25-24(20)27-23(19)22/h7-12,14-15H,6,13H2,1-5H3/q+1. The van der Waals surface area contributed by atoms with E-state index in [9.17, 15) is 0 Å². The highest BCUT2D eigenvalue weighted by Crippen LogP contribution is 2.36. The Morgan fingerprint density at radius 3 is 2.59 bits per heavy atom. The number of rotatable bonds is 4. The number of hydrogen-bond acceptors (Lipinski definition) is 2. The summed E-state index contributed by atoms with van der Waals surface area (Å²) in [6, 6.07) is 13.1. The molecular weight excluding hydrogens is 332 g/mol. The van der Waals surface area contributed by atoms with Crippen molar-refractivity contribution in [2.45, 2.75) is 40.5 Å². The zero-order chi connectivity index (χ0) is 19.1. The Bertz CT molecular complexity index is 1140. The molecule has 3 aromatic heterocycles. The molecule has 27 heavy (non-hydrogen) atoms. The molecular formula is C24H27N2O+. The van der Waals surface area contributed by atoms with Gasteiger partial charge in [-0.3, -0.25) is 0 Å². The van der Waals surface area contributed by atoms with E-state index in [0.717, 1.165) is 46.2 Å². The fourth-order valence-electron chi connectivity index (χ4n) is 3.79. The van der Waals surface area contributed by atoms with Crippen LogP contribution in [0.2, 0.25) is 0 Å². The lowest BCUT2D eigenvalue weighted by Gasteiger charge is -2.06. The SMILES string of the molecule is CCc1cc[n+](C)c(-c2c(C)ccc3c2oc2nc(CC(C)C)ccc23)c1. The van der Waals surface area contributed by atoms with Gasteiger partial charge < -0.3 is 4.42 Å². The number of benzene rings is 1. The molecule has 3 nitrogen and oxygen atoms in total. The largest absolute Gasteiger partial charge is 0.437 e. The number of fused-ring (bicyclic) bond motifs is 3. The Morgan fingerprint density at radius 1 is 1.07 bits per heavy atom. The topological polar surface area (TPSA) is 29.9 Å². The number of aryl methyl sites for hydroxylation is 3. The smallest absolute Gasteiger partial charge is 0.227 e. The molecule has 0 saturated carbocycles. The quantitative estimate of drug-likeness (QED) is 0.448. The molecule has 0 atom stereocenters. The van der Waals surface area contributed by atoms with E-state index < -0.39 is 0 Å². The Morgan fingerprint density at radius 2 is 1.85 bits per heavy atom. The van der Waals surface area contributed by atoms with Gasteiger partial charge >= 0.3 is 0 Å². The average molecular weight is 359 g/mol. The van der Waals surface area contributed by atoms with Gasteiger partial charge in [-0.2, -0.15) is 0 Å². The maximum absolute atomic E-state index is 6.35. The fourth-order valence-corrected chi connectivity index (χ4v) is 3.79. The van der Waals surface area contributed by atoms with Gasteiger partial charge in [-0.15, -0.1) is 0 Å². The molecule has 1 aromatic carbocycles. The summed E-state index contributed by atoms with van der Waals surface area (Å²) in [5.74, 6) is 0.577. The number of hydrogen-bond donors (Lipinski definition) is 0. The highest BCUT2D eigenvalue weighted by atomic mass is 16.3. The van der Waals surface area contributed by atoms with Gasteiger partial charge in [0.2, 0.25) is 11.4 Å². The van der Waals surface area contributed by atoms with E-state index in [-0.39, 0.29) is 0 Å². The van der Waals surface area contributed by atoms with Crippen LogP contribution in [0.15, 0.2) is 47.0 Å². The third-order valence-electron chi connectivity index (χ3n) is 5.27. The summed E-state index contributed by atoms with van der Waals surface area (Å²) in [4.78, 5) is 4.80. The van der Waals surface area contributed by atoms with E-state index in [0.29, 0.717) is 5.92 Å². The van der Waals surface area contributed by atoms with Crippen molar-refractivity contribution in [2.24, 2.45) is 13.0 Å². The molecule has 4 rings (SSSR count). The molecule has 0 saturated heterocycles. The normalized spacial score (nSPS) is 11.8. The van der Waals surface area contributed by atoms with Gasteiger partial charge in [0.25, 0.3) is 0 Å². The second-order valence-electron chi connectivity index (χ2n) is 7.87. The lowest BCUT2D eigenvalue weighted by atomic mass is 9.99. The monoisotopic (exact) mass is 359 g/mol. The molecule has 0 amide bonds. The minimum absolute atomic E-state index is 0.577. The molecule has 0 aliphatic carbocycles. The molecule has 0 aliphatic rings. The Hall–Kier alpha value is -2.68. The molecule has 3 heteroatoms. The van der Waals surface area contributed by atoms with Gasteiger partial charge in [-0.25, -0.2) is 9.55 Å². The van der Waals surface area contributed by atoms with Crippen LogP contribution >= 0.6 is 0 Å². The van der Waals surface area contributed by atoms with E-state index in [1.54, 1.807) is 0 Å². The van der Waals surface area contributed by atoms with Crippen molar-refractivity contribution in [3.05, 3.63) is 59.4 Å². The maximum Gasteiger partial charge on any atom is 0.227 e. The minimum Gasteiger partial charge on any atom is -0.437 e. The molecule has 0 bridgehead atoms. The number of pyridine rings is 2. The van der Waals surface area contributed by atoms with Crippen molar-refractivity contribution in [3.63, 3.8) is 0 Å². The summed E-state index contributed by atoms with van der Waals surface area (Å²) in [5, 5.41) is 2.23. The Labute approximate surface area is 160 Å². The van der Waals surface area contributed by atoms with Gasteiger partial charge in [-0.05, 0) is 48.9 Å². The van der Waals surface area contributed by atoms with Crippen LogP contribution in [-0.4, -0.2) is 4.98 Å². The van der Waals surface area contributed by atoms with Crippen molar-refractivity contribution in [1.82, 2.24) is 4.98 Å². The Balaban J connectivity index is 1.99. The van der Waals surface area contributed by atoms with Crippen LogP contribution in [0.1, 0.15) is 37.6 Å². The lowest BCUT2D eigenvalue weighted by Crippen LogP contribution is -2.30. The molecule has 0 N–H and O–H groups in total. The van der Waals surface area contributed by atoms with E-state index in [1.165, 1.54) is 16.8 Å². The molecule has 0 spiro atoms. The summed E-state index contributed by atoms with van der Waals surface area (Å²) in [6.07, 6.45) is 4.11. The molecule has 138 valence electrons. The zero-order valence-corrected chi connectivity index (χ0v) is 16.8. The summed E-state index contributed by atoms with van der Waals surface area (Å²) in [6.45, 7) is 8.77. The van der Waals surface area contributed by atoms with Crippen molar-refractivity contribution in [2.75, 3.05) is 0 Å². The van der Waals surface area contributed by atoms with Crippen LogP contribution in [0.5, 0.6) is 0 Å². The van der Waals surface area contributed by atoms with Gasteiger partial charge in [0.1, 0.15) is 7.05 Å². The first kappa shape index (κ1) is 17.7. The lowest BCUT2D eigenvalue weighted by molar-refractivity contribution is -0.660. The van der Waals surface area contributed by atoms with E-state index in [1.807, 2.05) is 0 Å². The van der Waals surface area contributed by atoms with Crippen molar-refractivity contribution in [1.29, 1.82) is 0 Å². The number of aromatic nitrogens is 2. The van der Waals surface area contributed by atoms with Gasteiger partial charge in [0.15, 0.2) is 11.8 Å². The van der Waals surface area contributed by atoms with Crippen molar-refractivity contribution >= 4 is 22.1 Å². The minimum atomic E-state index is 0.577. The third-order valence-corrected chi connectivity index (χ3v) is 5.27. The molecule has 0 unspecified atom stereocenters. The summed E-state index contributed by atoms with van der Waals surface area (Å²) < 4.78 is 8.52. The van der Waals surface area contributed by atoms with Crippen LogP contribution < -0.4 is 4.57 Å².